The lowest BCUT2D eigenvalue weighted by Crippen LogP contribution is -2.32. The van der Waals surface area contributed by atoms with Crippen molar-refractivity contribution in [2.24, 2.45) is 0 Å². The fourth-order valence-corrected chi connectivity index (χ4v) is 1.70. The molecule has 0 spiro atoms. The molecule has 0 aliphatic carbocycles. The number of rotatable bonds is 8. The predicted octanol–water partition coefficient (Wildman–Crippen LogP) is 2.32. The van der Waals surface area contributed by atoms with Gasteiger partial charge < -0.3 is 15.4 Å². The highest BCUT2D eigenvalue weighted by Gasteiger charge is 2.15. The van der Waals surface area contributed by atoms with Crippen molar-refractivity contribution in [3.8, 4) is 5.75 Å². The Hall–Kier alpha value is -2.31. The van der Waals surface area contributed by atoms with E-state index in [-0.39, 0.29) is 24.1 Å². The molecule has 1 atom stereocenters. The molecule has 2 N–H and O–H groups in total. The van der Waals surface area contributed by atoms with E-state index >= 15 is 0 Å². The lowest BCUT2D eigenvalue weighted by Gasteiger charge is -2.12. The van der Waals surface area contributed by atoms with Crippen LogP contribution in [0.3, 0.4) is 0 Å². The number of ether oxygens (including phenoxy) is 1. The fraction of sp³-hybridized carbons (Fsp3) is 0.500. The van der Waals surface area contributed by atoms with Crippen LogP contribution in [0, 0.1) is 10.1 Å². The van der Waals surface area contributed by atoms with E-state index in [4.69, 9.17) is 4.74 Å². The van der Waals surface area contributed by atoms with Gasteiger partial charge in [-0.05, 0) is 25.5 Å². The third kappa shape index (κ3) is 5.29. The van der Waals surface area contributed by atoms with Crippen molar-refractivity contribution >= 4 is 17.3 Å². The Kier molecular flexibility index (Phi) is 6.45. The van der Waals surface area contributed by atoms with E-state index in [0.29, 0.717) is 18.0 Å². The van der Waals surface area contributed by atoms with Gasteiger partial charge in [-0.15, -0.1) is 0 Å². The van der Waals surface area contributed by atoms with Crippen LogP contribution in [-0.4, -0.2) is 30.5 Å². The van der Waals surface area contributed by atoms with Gasteiger partial charge in [0.05, 0.1) is 18.1 Å². The molecule has 0 heterocycles. The molecule has 21 heavy (non-hydrogen) atoms. The summed E-state index contributed by atoms with van der Waals surface area (Å²) in [4.78, 5) is 22.1. The Labute approximate surface area is 123 Å². The number of methoxy groups -OCH3 is 1. The van der Waals surface area contributed by atoms with E-state index in [0.717, 1.165) is 6.42 Å². The second-order valence-electron chi connectivity index (χ2n) is 4.69. The van der Waals surface area contributed by atoms with Crippen LogP contribution in [-0.2, 0) is 4.79 Å². The standard InChI is InChI=1S/C14H21N3O4/c1-4-10(2)16-14(18)7-8-15-12-6-5-11(21-3)9-13(12)17(19)20/h5-6,9-10,15H,4,7-8H2,1-3H3,(H,16,18). The van der Waals surface area contributed by atoms with Gasteiger partial charge in [-0.25, -0.2) is 0 Å². The molecular formula is C14H21N3O4. The molecule has 0 aromatic heterocycles. The molecule has 7 heteroatoms. The number of nitrogens with one attached hydrogen (secondary N) is 2. The number of carbonyl (C=O) groups excluding carboxylic acids is 1. The zero-order valence-corrected chi connectivity index (χ0v) is 12.5. The maximum atomic E-state index is 11.6. The van der Waals surface area contributed by atoms with Crippen molar-refractivity contribution in [1.29, 1.82) is 0 Å². The van der Waals surface area contributed by atoms with E-state index < -0.39 is 4.92 Å². The van der Waals surface area contributed by atoms with Crippen LogP contribution in [0.5, 0.6) is 5.75 Å². The highest BCUT2D eigenvalue weighted by Crippen LogP contribution is 2.28. The zero-order valence-electron chi connectivity index (χ0n) is 12.5. The summed E-state index contributed by atoms with van der Waals surface area (Å²) in [7, 11) is 1.45. The molecule has 0 aliphatic rings. The van der Waals surface area contributed by atoms with E-state index in [1.54, 1.807) is 12.1 Å². The second-order valence-corrected chi connectivity index (χ2v) is 4.69. The molecule has 0 aliphatic heterocycles. The minimum atomic E-state index is -0.482. The number of benzene rings is 1. The van der Waals surface area contributed by atoms with Crippen LogP contribution in [0.2, 0.25) is 0 Å². The van der Waals surface area contributed by atoms with Gasteiger partial charge in [-0.2, -0.15) is 0 Å². The summed E-state index contributed by atoms with van der Waals surface area (Å²) >= 11 is 0. The second kappa shape index (κ2) is 8.08. The highest BCUT2D eigenvalue weighted by atomic mass is 16.6. The van der Waals surface area contributed by atoms with Crippen molar-refractivity contribution < 1.29 is 14.5 Å². The third-order valence-electron chi connectivity index (χ3n) is 3.09. The zero-order chi connectivity index (χ0) is 15.8. The first-order chi connectivity index (χ1) is 9.97. The van der Waals surface area contributed by atoms with Crippen LogP contribution in [0.15, 0.2) is 18.2 Å². The molecule has 0 bridgehead atoms. The highest BCUT2D eigenvalue weighted by molar-refractivity contribution is 5.77. The number of carbonyl (C=O) groups is 1. The summed E-state index contributed by atoms with van der Waals surface area (Å²) in [5.74, 6) is 0.342. The maximum absolute atomic E-state index is 11.6. The Balaban J connectivity index is 2.59. The van der Waals surface area contributed by atoms with Crippen LogP contribution in [0.4, 0.5) is 11.4 Å². The van der Waals surface area contributed by atoms with Gasteiger partial charge in [-0.3, -0.25) is 14.9 Å². The number of nitrogens with zero attached hydrogens (tertiary/aromatic N) is 1. The molecule has 1 aromatic rings. The predicted molar refractivity (Wildman–Crippen MR) is 80.7 cm³/mol. The topological polar surface area (TPSA) is 93.5 Å². The quantitative estimate of drug-likeness (QED) is 0.567. The first kappa shape index (κ1) is 16.7. The smallest absolute Gasteiger partial charge is 0.296 e. The molecular weight excluding hydrogens is 274 g/mol. The molecule has 1 aromatic carbocycles. The van der Waals surface area contributed by atoms with Gasteiger partial charge in [0.25, 0.3) is 5.69 Å². The minimum Gasteiger partial charge on any atom is -0.496 e. The number of amides is 1. The number of anilines is 1. The van der Waals surface area contributed by atoms with Crippen LogP contribution < -0.4 is 15.4 Å². The number of hydrogen-bond acceptors (Lipinski definition) is 5. The van der Waals surface area contributed by atoms with Crippen molar-refractivity contribution in [3.05, 3.63) is 28.3 Å². The molecule has 0 fully saturated rings. The average molecular weight is 295 g/mol. The van der Waals surface area contributed by atoms with Gasteiger partial charge in [0.2, 0.25) is 5.91 Å². The van der Waals surface area contributed by atoms with Crippen LogP contribution in [0.25, 0.3) is 0 Å². The van der Waals surface area contributed by atoms with Crippen LogP contribution >= 0.6 is 0 Å². The van der Waals surface area contributed by atoms with E-state index in [1.165, 1.54) is 13.2 Å². The van der Waals surface area contributed by atoms with Crippen molar-refractivity contribution in [2.75, 3.05) is 19.0 Å². The van der Waals surface area contributed by atoms with E-state index in [1.807, 2.05) is 13.8 Å². The number of nitro groups is 1. The Bertz CT molecular complexity index is 505. The average Bonchev–Trinajstić information content (AvgIpc) is 2.47. The normalized spacial score (nSPS) is 11.6. The fourth-order valence-electron chi connectivity index (χ4n) is 1.70. The molecule has 0 saturated carbocycles. The minimum absolute atomic E-state index is 0.0725. The summed E-state index contributed by atoms with van der Waals surface area (Å²) < 4.78 is 4.96. The number of nitro benzene ring substituents is 1. The molecule has 1 rings (SSSR count). The Morgan fingerprint density at radius 3 is 2.76 bits per heavy atom. The first-order valence-corrected chi connectivity index (χ1v) is 6.83. The lowest BCUT2D eigenvalue weighted by molar-refractivity contribution is -0.384. The van der Waals surface area contributed by atoms with Crippen molar-refractivity contribution in [2.45, 2.75) is 32.7 Å². The van der Waals surface area contributed by atoms with Gasteiger partial charge in [-0.1, -0.05) is 6.92 Å². The van der Waals surface area contributed by atoms with Gasteiger partial charge >= 0.3 is 0 Å². The van der Waals surface area contributed by atoms with Gasteiger partial charge in [0.1, 0.15) is 11.4 Å². The third-order valence-corrected chi connectivity index (χ3v) is 3.09. The van der Waals surface area contributed by atoms with E-state index in [2.05, 4.69) is 10.6 Å². The van der Waals surface area contributed by atoms with Gasteiger partial charge in [0.15, 0.2) is 0 Å². The van der Waals surface area contributed by atoms with Gasteiger partial charge in [0, 0.05) is 19.0 Å². The summed E-state index contributed by atoms with van der Waals surface area (Å²) in [5.41, 5.74) is 0.300. The Morgan fingerprint density at radius 1 is 1.48 bits per heavy atom. The number of hydrogen-bond donors (Lipinski definition) is 2. The first-order valence-electron chi connectivity index (χ1n) is 6.83. The maximum Gasteiger partial charge on any atom is 0.296 e. The Morgan fingerprint density at radius 2 is 2.19 bits per heavy atom. The summed E-state index contributed by atoms with van der Waals surface area (Å²) in [6.45, 7) is 4.25. The summed E-state index contributed by atoms with van der Waals surface area (Å²) in [6.07, 6.45) is 1.12. The largest absolute Gasteiger partial charge is 0.496 e. The SMILES string of the molecule is CCC(C)NC(=O)CCNc1ccc(OC)cc1[N+](=O)[O-]. The lowest BCUT2D eigenvalue weighted by atomic mass is 10.2. The van der Waals surface area contributed by atoms with Crippen LogP contribution in [0.1, 0.15) is 26.7 Å². The molecule has 0 radical (unpaired) electrons. The van der Waals surface area contributed by atoms with Crippen molar-refractivity contribution in [3.63, 3.8) is 0 Å². The molecule has 1 amide bonds. The van der Waals surface area contributed by atoms with Crippen molar-refractivity contribution in [1.82, 2.24) is 5.32 Å². The molecule has 0 saturated heterocycles. The molecule has 116 valence electrons. The molecule has 1 unspecified atom stereocenters. The summed E-state index contributed by atoms with van der Waals surface area (Å²) in [6, 6.07) is 4.69. The van der Waals surface area contributed by atoms with E-state index in [9.17, 15) is 14.9 Å². The monoisotopic (exact) mass is 295 g/mol. The summed E-state index contributed by atoms with van der Waals surface area (Å²) in [5, 5.41) is 16.8. The molecule has 7 nitrogen and oxygen atoms in total.